The maximum Gasteiger partial charge on any atom is 0.320 e. The van der Waals surface area contributed by atoms with Crippen molar-refractivity contribution in [2.24, 2.45) is 5.92 Å². The molecule has 0 fully saturated rings. The van der Waals surface area contributed by atoms with E-state index in [0.29, 0.717) is 12.3 Å². The van der Waals surface area contributed by atoms with Crippen molar-refractivity contribution >= 4 is 21.9 Å². The van der Waals surface area contributed by atoms with Crippen LogP contribution in [0.5, 0.6) is 0 Å². The molecule has 0 heterocycles. The van der Waals surface area contributed by atoms with Gasteiger partial charge >= 0.3 is 5.97 Å². The maximum absolute atomic E-state index is 11.3. The minimum atomic E-state index is -0.774. The van der Waals surface area contributed by atoms with Crippen LogP contribution in [0.3, 0.4) is 0 Å². The fourth-order valence-electron chi connectivity index (χ4n) is 2.10. The van der Waals surface area contributed by atoms with Crippen molar-refractivity contribution in [1.29, 1.82) is 0 Å². The van der Waals surface area contributed by atoms with E-state index in [1.54, 1.807) is 0 Å². The first-order valence-electron chi connectivity index (χ1n) is 6.68. The molecule has 19 heavy (non-hydrogen) atoms. The number of benzene rings is 1. The molecule has 0 amide bonds. The van der Waals surface area contributed by atoms with Gasteiger partial charge in [0.25, 0.3) is 0 Å². The first kappa shape index (κ1) is 16.2. The van der Waals surface area contributed by atoms with Gasteiger partial charge in [-0.15, -0.1) is 0 Å². The Morgan fingerprint density at radius 1 is 1.32 bits per heavy atom. The fraction of sp³-hybridized carbons (Fsp3) is 0.533. The summed E-state index contributed by atoms with van der Waals surface area (Å²) in [7, 11) is 0. The Labute approximate surface area is 123 Å². The summed E-state index contributed by atoms with van der Waals surface area (Å²) in [5.74, 6) is -0.416. The number of nitrogens with one attached hydrogen (secondary N) is 1. The van der Waals surface area contributed by atoms with Crippen LogP contribution in [0.2, 0.25) is 0 Å². The molecule has 0 aromatic heterocycles. The number of carbonyl (C=O) groups is 1. The van der Waals surface area contributed by atoms with Gasteiger partial charge in [-0.1, -0.05) is 48.8 Å². The smallest absolute Gasteiger partial charge is 0.320 e. The Balaban J connectivity index is 2.79. The van der Waals surface area contributed by atoms with Gasteiger partial charge in [-0.2, -0.15) is 0 Å². The maximum atomic E-state index is 11.3. The van der Waals surface area contributed by atoms with Crippen molar-refractivity contribution in [2.75, 3.05) is 0 Å². The molecule has 4 heteroatoms. The molecule has 3 nitrogen and oxygen atoms in total. The van der Waals surface area contributed by atoms with Crippen molar-refractivity contribution in [3.05, 3.63) is 34.3 Å². The molecule has 2 unspecified atom stereocenters. The number of halogens is 1. The van der Waals surface area contributed by atoms with Crippen molar-refractivity contribution in [3.63, 3.8) is 0 Å². The number of carboxylic acids is 1. The van der Waals surface area contributed by atoms with Crippen molar-refractivity contribution in [2.45, 2.75) is 45.7 Å². The second kappa shape index (κ2) is 7.65. The van der Waals surface area contributed by atoms with E-state index in [2.05, 4.69) is 28.2 Å². The van der Waals surface area contributed by atoms with E-state index in [0.717, 1.165) is 16.5 Å². The van der Waals surface area contributed by atoms with Gasteiger partial charge in [0.05, 0.1) is 0 Å². The van der Waals surface area contributed by atoms with Crippen LogP contribution >= 0.6 is 15.9 Å². The molecule has 1 aromatic carbocycles. The number of rotatable bonds is 7. The molecule has 0 bridgehead atoms. The van der Waals surface area contributed by atoms with E-state index in [4.69, 9.17) is 0 Å². The zero-order valence-electron chi connectivity index (χ0n) is 11.7. The lowest BCUT2D eigenvalue weighted by Gasteiger charge is -2.24. The summed E-state index contributed by atoms with van der Waals surface area (Å²) in [6.45, 7) is 6.14. The largest absolute Gasteiger partial charge is 0.480 e. The molecule has 1 aromatic rings. The summed E-state index contributed by atoms with van der Waals surface area (Å²) in [6.07, 6.45) is 1.51. The zero-order valence-corrected chi connectivity index (χ0v) is 13.3. The number of carboxylic acid groups (broad SMARTS) is 1. The van der Waals surface area contributed by atoms with E-state index < -0.39 is 12.0 Å². The average molecular weight is 328 g/mol. The predicted molar refractivity (Wildman–Crippen MR) is 81.2 cm³/mol. The van der Waals surface area contributed by atoms with Gasteiger partial charge in [-0.3, -0.25) is 10.1 Å². The lowest BCUT2D eigenvalue weighted by atomic mass is 9.99. The molecule has 0 saturated heterocycles. The van der Waals surface area contributed by atoms with Crippen LogP contribution in [-0.4, -0.2) is 17.1 Å². The van der Waals surface area contributed by atoms with E-state index in [9.17, 15) is 9.90 Å². The number of hydrogen-bond acceptors (Lipinski definition) is 2. The molecule has 0 aliphatic heterocycles. The second-order valence-electron chi connectivity index (χ2n) is 5.20. The van der Waals surface area contributed by atoms with Crippen molar-refractivity contribution < 1.29 is 9.90 Å². The standard InChI is InChI=1S/C15H22BrNO2/c1-4-13(11-5-7-12(16)8-6-11)17-14(15(18)19)9-10(2)3/h5-8,10,13-14,17H,4,9H2,1-3H3,(H,18,19). The number of hydrogen-bond donors (Lipinski definition) is 2. The van der Waals surface area contributed by atoms with Gasteiger partial charge < -0.3 is 5.11 Å². The molecule has 2 N–H and O–H groups in total. The highest BCUT2D eigenvalue weighted by Gasteiger charge is 2.22. The normalized spacial score (nSPS) is 14.4. The first-order chi connectivity index (χ1) is 8.93. The SMILES string of the molecule is CCC(NC(CC(C)C)C(=O)O)c1ccc(Br)cc1. The lowest BCUT2D eigenvalue weighted by Crippen LogP contribution is -2.40. The van der Waals surface area contributed by atoms with Gasteiger partial charge in [-0.25, -0.2) is 0 Å². The minimum Gasteiger partial charge on any atom is -0.480 e. The van der Waals surface area contributed by atoms with Gasteiger partial charge in [-0.05, 0) is 36.5 Å². The first-order valence-corrected chi connectivity index (χ1v) is 7.47. The predicted octanol–water partition coefficient (Wildman–Crippen LogP) is 3.99. The summed E-state index contributed by atoms with van der Waals surface area (Å²) in [5, 5.41) is 12.5. The summed E-state index contributed by atoms with van der Waals surface area (Å²) in [4.78, 5) is 11.3. The van der Waals surface area contributed by atoms with E-state index in [-0.39, 0.29) is 6.04 Å². The molecule has 0 aliphatic rings. The molecule has 0 radical (unpaired) electrons. The van der Waals surface area contributed by atoms with Gasteiger partial charge in [0, 0.05) is 10.5 Å². The Morgan fingerprint density at radius 2 is 1.89 bits per heavy atom. The van der Waals surface area contributed by atoms with Gasteiger partial charge in [0.1, 0.15) is 6.04 Å². The van der Waals surface area contributed by atoms with Crippen LogP contribution in [0, 0.1) is 5.92 Å². The van der Waals surface area contributed by atoms with E-state index in [1.807, 2.05) is 38.1 Å². The van der Waals surface area contributed by atoms with Crippen molar-refractivity contribution in [1.82, 2.24) is 5.32 Å². The van der Waals surface area contributed by atoms with Crippen LogP contribution in [0.15, 0.2) is 28.7 Å². The minimum absolute atomic E-state index is 0.0768. The summed E-state index contributed by atoms with van der Waals surface area (Å²) in [6, 6.07) is 7.61. The highest BCUT2D eigenvalue weighted by atomic mass is 79.9. The molecule has 1 rings (SSSR count). The van der Waals surface area contributed by atoms with Crippen LogP contribution in [0.4, 0.5) is 0 Å². The topological polar surface area (TPSA) is 49.3 Å². The molecule has 0 spiro atoms. The average Bonchev–Trinajstić information content (AvgIpc) is 2.35. The van der Waals surface area contributed by atoms with Gasteiger partial charge in [0.2, 0.25) is 0 Å². The summed E-state index contributed by atoms with van der Waals surface area (Å²) < 4.78 is 1.03. The zero-order chi connectivity index (χ0) is 14.4. The van der Waals surface area contributed by atoms with Crippen LogP contribution in [0.1, 0.15) is 45.2 Å². The van der Waals surface area contributed by atoms with E-state index in [1.165, 1.54) is 0 Å². The fourth-order valence-corrected chi connectivity index (χ4v) is 2.36. The highest BCUT2D eigenvalue weighted by Crippen LogP contribution is 2.21. The molecule has 106 valence electrons. The summed E-state index contributed by atoms with van der Waals surface area (Å²) in [5.41, 5.74) is 1.13. The lowest BCUT2D eigenvalue weighted by molar-refractivity contribution is -0.140. The Bertz CT molecular complexity index is 403. The second-order valence-corrected chi connectivity index (χ2v) is 6.12. The Kier molecular flexibility index (Phi) is 6.52. The summed E-state index contributed by atoms with van der Waals surface area (Å²) >= 11 is 3.41. The Morgan fingerprint density at radius 3 is 2.32 bits per heavy atom. The van der Waals surface area contributed by atoms with Crippen LogP contribution < -0.4 is 5.32 Å². The molecule has 0 aliphatic carbocycles. The third-order valence-electron chi connectivity index (χ3n) is 3.09. The van der Waals surface area contributed by atoms with Crippen LogP contribution in [0.25, 0.3) is 0 Å². The van der Waals surface area contributed by atoms with Crippen molar-refractivity contribution in [3.8, 4) is 0 Å². The molecule has 2 atom stereocenters. The molecular formula is C15H22BrNO2. The third-order valence-corrected chi connectivity index (χ3v) is 3.62. The molecule has 0 saturated carbocycles. The van der Waals surface area contributed by atoms with E-state index >= 15 is 0 Å². The third kappa shape index (κ3) is 5.33. The number of aliphatic carboxylic acids is 1. The van der Waals surface area contributed by atoms with Gasteiger partial charge in [0.15, 0.2) is 0 Å². The Hall–Kier alpha value is -0.870. The monoisotopic (exact) mass is 327 g/mol. The van der Waals surface area contributed by atoms with Crippen LogP contribution in [-0.2, 0) is 4.79 Å². The highest BCUT2D eigenvalue weighted by molar-refractivity contribution is 9.10. The molecular weight excluding hydrogens is 306 g/mol. The quantitative estimate of drug-likeness (QED) is 0.796.